The Kier molecular flexibility index (Phi) is 3.13. The lowest BCUT2D eigenvalue weighted by Gasteiger charge is -2.18. The molecule has 0 aliphatic carbocycles. The molecule has 1 aliphatic rings. The first-order valence-electron chi connectivity index (χ1n) is 5.08. The van der Waals surface area contributed by atoms with E-state index in [9.17, 15) is 4.39 Å². The SMILES string of the molecule is N#CC1(Cc2ccc(F)c(Cl)c2)CCOC1. The van der Waals surface area contributed by atoms with Gasteiger partial charge < -0.3 is 4.74 Å². The van der Waals surface area contributed by atoms with Crippen LogP contribution < -0.4 is 0 Å². The summed E-state index contributed by atoms with van der Waals surface area (Å²) >= 11 is 5.70. The van der Waals surface area contributed by atoms with Gasteiger partial charge in [-0.25, -0.2) is 4.39 Å². The zero-order valence-corrected chi connectivity index (χ0v) is 9.43. The second kappa shape index (κ2) is 4.40. The van der Waals surface area contributed by atoms with E-state index in [1.165, 1.54) is 6.07 Å². The number of hydrogen-bond donors (Lipinski definition) is 0. The minimum Gasteiger partial charge on any atom is -0.380 e. The van der Waals surface area contributed by atoms with Crippen LogP contribution in [0.1, 0.15) is 12.0 Å². The number of halogens is 2. The first kappa shape index (κ1) is 11.4. The van der Waals surface area contributed by atoms with Gasteiger partial charge in [-0.1, -0.05) is 17.7 Å². The van der Waals surface area contributed by atoms with Crippen molar-refractivity contribution < 1.29 is 9.13 Å². The molecule has 0 aromatic heterocycles. The summed E-state index contributed by atoms with van der Waals surface area (Å²) in [7, 11) is 0. The minimum atomic E-state index is -0.471. The molecule has 0 amide bonds. The van der Waals surface area contributed by atoms with Crippen LogP contribution in [-0.4, -0.2) is 13.2 Å². The Morgan fingerprint density at radius 2 is 2.38 bits per heavy atom. The third-order valence-corrected chi connectivity index (χ3v) is 3.16. The molecule has 0 saturated carbocycles. The van der Waals surface area contributed by atoms with Gasteiger partial charge in [-0.3, -0.25) is 0 Å². The van der Waals surface area contributed by atoms with Crippen molar-refractivity contribution >= 4 is 11.6 Å². The number of nitrogens with zero attached hydrogens (tertiary/aromatic N) is 1. The van der Waals surface area contributed by atoms with Gasteiger partial charge in [-0.05, 0) is 30.5 Å². The van der Waals surface area contributed by atoms with Crippen molar-refractivity contribution in [2.45, 2.75) is 12.8 Å². The second-order valence-electron chi connectivity index (χ2n) is 4.12. The summed E-state index contributed by atoms with van der Waals surface area (Å²) in [6, 6.07) is 6.87. The fourth-order valence-electron chi connectivity index (χ4n) is 1.91. The molecule has 4 heteroatoms. The molecule has 0 bridgehead atoms. The van der Waals surface area contributed by atoms with Crippen molar-refractivity contribution in [1.82, 2.24) is 0 Å². The molecule has 1 saturated heterocycles. The molecule has 84 valence electrons. The van der Waals surface area contributed by atoms with Crippen LogP contribution in [0.2, 0.25) is 5.02 Å². The summed E-state index contributed by atoms with van der Waals surface area (Å²) in [6.07, 6.45) is 1.28. The monoisotopic (exact) mass is 239 g/mol. The van der Waals surface area contributed by atoms with Crippen LogP contribution in [0.25, 0.3) is 0 Å². The van der Waals surface area contributed by atoms with Gasteiger partial charge in [0.25, 0.3) is 0 Å². The Hall–Kier alpha value is -1.11. The zero-order chi connectivity index (χ0) is 11.6. The molecule has 1 heterocycles. The average Bonchev–Trinajstić information content (AvgIpc) is 2.73. The summed E-state index contributed by atoms with van der Waals surface area (Å²) in [6.45, 7) is 1.06. The first-order chi connectivity index (χ1) is 7.65. The van der Waals surface area contributed by atoms with E-state index in [2.05, 4.69) is 6.07 Å². The molecular formula is C12H11ClFNO. The van der Waals surface area contributed by atoms with Crippen molar-refractivity contribution in [3.8, 4) is 6.07 Å². The molecule has 0 radical (unpaired) electrons. The summed E-state index contributed by atoms with van der Waals surface area (Å²) in [5.41, 5.74) is 0.402. The van der Waals surface area contributed by atoms with Gasteiger partial charge in [0, 0.05) is 6.61 Å². The van der Waals surface area contributed by atoms with Crippen LogP contribution in [0.5, 0.6) is 0 Å². The Bertz CT molecular complexity index is 435. The van der Waals surface area contributed by atoms with E-state index in [4.69, 9.17) is 21.6 Å². The van der Waals surface area contributed by atoms with E-state index >= 15 is 0 Å². The summed E-state index contributed by atoms with van der Waals surface area (Å²) in [5, 5.41) is 9.27. The van der Waals surface area contributed by atoms with Crippen molar-refractivity contribution in [1.29, 1.82) is 5.26 Å². The predicted octanol–water partition coefficient (Wildman–Crippen LogP) is 2.95. The lowest BCUT2D eigenvalue weighted by Crippen LogP contribution is -2.21. The maximum absolute atomic E-state index is 13.0. The quantitative estimate of drug-likeness (QED) is 0.795. The molecule has 1 aromatic carbocycles. The predicted molar refractivity (Wildman–Crippen MR) is 58.6 cm³/mol. The van der Waals surface area contributed by atoms with Gasteiger partial charge in [-0.15, -0.1) is 0 Å². The van der Waals surface area contributed by atoms with Crippen LogP contribution in [-0.2, 0) is 11.2 Å². The van der Waals surface area contributed by atoms with Crippen LogP contribution in [0, 0.1) is 22.6 Å². The average molecular weight is 240 g/mol. The Balaban J connectivity index is 2.20. The molecule has 1 aliphatic heterocycles. The Morgan fingerprint density at radius 3 is 2.94 bits per heavy atom. The van der Waals surface area contributed by atoms with Gasteiger partial charge in [0.2, 0.25) is 0 Å². The molecule has 2 rings (SSSR count). The maximum atomic E-state index is 13.0. The van der Waals surface area contributed by atoms with Crippen LogP contribution in [0.15, 0.2) is 18.2 Å². The van der Waals surface area contributed by atoms with Crippen molar-refractivity contribution in [2.75, 3.05) is 13.2 Å². The highest BCUT2D eigenvalue weighted by molar-refractivity contribution is 6.30. The minimum absolute atomic E-state index is 0.101. The van der Waals surface area contributed by atoms with Crippen molar-refractivity contribution in [3.05, 3.63) is 34.6 Å². The van der Waals surface area contributed by atoms with Crippen LogP contribution in [0.3, 0.4) is 0 Å². The highest BCUT2D eigenvalue weighted by Gasteiger charge is 2.35. The normalized spacial score (nSPS) is 24.3. The number of benzene rings is 1. The lowest BCUT2D eigenvalue weighted by atomic mass is 9.82. The maximum Gasteiger partial charge on any atom is 0.141 e. The van der Waals surface area contributed by atoms with E-state index in [0.717, 1.165) is 12.0 Å². The Labute approximate surface area is 98.6 Å². The summed E-state index contributed by atoms with van der Waals surface area (Å²) in [5.74, 6) is -0.431. The first-order valence-corrected chi connectivity index (χ1v) is 5.46. The van der Waals surface area contributed by atoms with Gasteiger partial charge in [-0.2, -0.15) is 5.26 Å². The fraction of sp³-hybridized carbons (Fsp3) is 0.417. The smallest absolute Gasteiger partial charge is 0.141 e. The molecular weight excluding hydrogens is 229 g/mol. The number of nitriles is 1. The topological polar surface area (TPSA) is 33.0 Å². The van der Waals surface area contributed by atoms with Gasteiger partial charge in [0.05, 0.1) is 23.1 Å². The van der Waals surface area contributed by atoms with Crippen molar-refractivity contribution in [2.24, 2.45) is 5.41 Å². The molecule has 16 heavy (non-hydrogen) atoms. The summed E-state index contributed by atoms with van der Waals surface area (Å²) < 4.78 is 18.2. The Morgan fingerprint density at radius 1 is 1.56 bits per heavy atom. The van der Waals surface area contributed by atoms with Gasteiger partial charge in [0.1, 0.15) is 5.82 Å². The van der Waals surface area contributed by atoms with E-state index in [1.54, 1.807) is 12.1 Å². The molecule has 2 nitrogen and oxygen atoms in total. The summed E-state index contributed by atoms with van der Waals surface area (Å²) in [4.78, 5) is 0. The third-order valence-electron chi connectivity index (χ3n) is 2.87. The van der Waals surface area contributed by atoms with Crippen molar-refractivity contribution in [3.63, 3.8) is 0 Å². The fourth-order valence-corrected chi connectivity index (χ4v) is 2.12. The molecule has 0 N–H and O–H groups in total. The van der Waals surface area contributed by atoms with Crippen LogP contribution in [0.4, 0.5) is 4.39 Å². The van der Waals surface area contributed by atoms with Crippen LogP contribution >= 0.6 is 11.6 Å². The molecule has 1 fully saturated rings. The molecule has 1 aromatic rings. The van der Waals surface area contributed by atoms with E-state index in [0.29, 0.717) is 19.6 Å². The largest absolute Gasteiger partial charge is 0.380 e. The zero-order valence-electron chi connectivity index (χ0n) is 8.67. The standard InChI is InChI=1S/C12H11ClFNO/c13-10-5-9(1-2-11(10)14)6-12(7-15)3-4-16-8-12/h1-2,5H,3-4,6,8H2. The lowest BCUT2D eigenvalue weighted by molar-refractivity contribution is 0.171. The molecule has 1 atom stereocenters. The number of rotatable bonds is 2. The third kappa shape index (κ3) is 2.18. The van der Waals surface area contributed by atoms with Gasteiger partial charge in [0.15, 0.2) is 0 Å². The van der Waals surface area contributed by atoms with E-state index in [1.807, 2.05) is 0 Å². The number of ether oxygens (including phenoxy) is 1. The number of hydrogen-bond acceptors (Lipinski definition) is 2. The molecule has 0 spiro atoms. The second-order valence-corrected chi connectivity index (χ2v) is 4.53. The van der Waals surface area contributed by atoms with E-state index < -0.39 is 11.2 Å². The highest BCUT2D eigenvalue weighted by atomic mass is 35.5. The van der Waals surface area contributed by atoms with Gasteiger partial charge >= 0.3 is 0 Å². The van der Waals surface area contributed by atoms with E-state index in [-0.39, 0.29) is 5.02 Å². The molecule has 1 unspecified atom stereocenters. The highest BCUT2D eigenvalue weighted by Crippen LogP contribution is 2.32.